The van der Waals surface area contributed by atoms with Crippen molar-refractivity contribution in [2.24, 2.45) is 5.73 Å². The monoisotopic (exact) mass is 255 g/mol. The Morgan fingerprint density at radius 3 is 2.42 bits per heavy atom. The fourth-order valence-electron chi connectivity index (χ4n) is 3.28. The van der Waals surface area contributed by atoms with Crippen molar-refractivity contribution in [2.45, 2.75) is 37.2 Å². The first-order chi connectivity index (χ1) is 9.23. The van der Waals surface area contributed by atoms with Crippen LogP contribution in [0.1, 0.15) is 31.2 Å². The van der Waals surface area contributed by atoms with E-state index in [0.717, 1.165) is 25.7 Å². The van der Waals surface area contributed by atoms with Gasteiger partial charge in [-0.1, -0.05) is 42.5 Å². The summed E-state index contributed by atoms with van der Waals surface area (Å²) >= 11 is 0. The molecule has 2 heteroatoms. The highest BCUT2D eigenvalue weighted by Crippen LogP contribution is 2.39. The Kier molecular flexibility index (Phi) is 3.29. The topological polar surface area (TPSA) is 46.2 Å². The first-order valence-electron chi connectivity index (χ1n) is 7.11. The molecular weight excluding hydrogens is 234 g/mol. The van der Waals surface area contributed by atoms with Crippen LogP contribution in [0.3, 0.4) is 0 Å². The summed E-state index contributed by atoms with van der Waals surface area (Å²) in [6.45, 7) is 0.665. The van der Waals surface area contributed by atoms with Crippen LogP contribution in [0.5, 0.6) is 0 Å². The molecule has 1 aliphatic carbocycles. The van der Waals surface area contributed by atoms with Crippen LogP contribution in [-0.4, -0.2) is 17.8 Å². The Morgan fingerprint density at radius 1 is 1.05 bits per heavy atom. The summed E-state index contributed by atoms with van der Waals surface area (Å²) in [6, 6.07) is 15.1. The van der Waals surface area contributed by atoms with Crippen LogP contribution in [0.15, 0.2) is 42.5 Å². The normalized spacial score (nSPS) is 27.6. The Morgan fingerprint density at radius 2 is 1.74 bits per heavy atom. The average molecular weight is 255 g/mol. The van der Waals surface area contributed by atoms with Gasteiger partial charge in [0.15, 0.2) is 0 Å². The van der Waals surface area contributed by atoms with E-state index in [1.165, 1.54) is 16.3 Å². The number of rotatable bonds is 2. The highest BCUT2D eigenvalue weighted by atomic mass is 16.3. The molecular formula is C17H21NO. The maximum atomic E-state index is 9.71. The van der Waals surface area contributed by atoms with Gasteiger partial charge in [-0.2, -0.15) is 0 Å². The minimum Gasteiger partial charge on any atom is -0.393 e. The molecule has 1 fully saturated rings. The Hall–Kier alpha value is -1.38. The molecule has 0 aromatic heterocycles. The molecule has 3 N–H and O–H groups in total. The SMILES string of the molecule is NCC1(c2ccc3ccccc3c2)CCC(O)CC1. The van der Waals surface area contributed by atoms with E-state index in [2.05, 4.69) is 42.5 Å². The summed E-state index contributed by atoms with van der Waals surface area (Å²) in [7, 11) is 0. The van der Waals surface area contributed by atoms with E-state index in [1.807, 2.05) is 0 Å². The third kappa shape index (κ3) is 2.26. The maximum Gasteiger partial charge on any atom is 0.0541 e. The van der Waals surface area contributed by atoms with Crippen molar-refractivity contribution in [2.75, 3.05) is 6.54 Å². The molecule has 0 heterocycles. The lowest BCUT2D eigenvalue weighted by atomic mass is 9.68. The predicted molar refractivity (Wildman–Crippen MR) is 79.2 cm³/mol. The number of hydrogen-bond acceptors (Lipinski definition) is 2. The zero-order chi connectivity index (χ0) is 13.3. The third-order valence-electron chi connectivity index (χ3n) is 4.66. The molecule has 1 saturated carbocycles. The van der Waals surface area contributed by atoms with Gasteiger partial charge in [-0.15, -0.1) is 0 Å². The number of fused-ring (bicyclic) bond motifs is 1. The van der Waals surface area contributed by atoms with Gasteiger partial charge >= 0.3 is 0 Å². The van der Waals surface area contributed by atoms with Crippen LogP contribution in [-0.2, 0) is 5.41 Å². The van der Waals surface area contributed by atoms with Crippen molar-refractivity contribution in [3.05, 3.63) is 48.0 Å². The van der Waals surface area contributed by atoms with E-state index < -0.39 is 0 Å². The lowest BCUT2D eigenvalue weighted by Crippen LogP contribution is -2.40. The van der Waals surface area contributed by atoms with Gasteiger partial charge in [-0.05, 0) is 42.0 Å². The zero-order valence-corrected chi connectivity index (χ0v) is 11.2. The number of aliphatic hydroxyl groups excluding tert-OH is 1. The number of aliphatic hydroxyl groups is 1. The van der Waals surface area contributed by atoms with Crippen LogP contribution in [0.4, 0.5) is 0 Å². The first-order valence-corrected chi connectivity index (χ1v) is 7.11. The number of nitrogens with two attached hydrogens (primary N) is 1. The van der Waals surface area contributed by atoms with E-state index >= 15 is 0 Å². The summed E-state index contributed by atoms with van der Waals surface area (Å²) in [4.78, 5) is 0. The molecule has 0 unspecified atom stereocenters. The second kappa shape index (κ2) is 4.95. The van der Waals surface area contributed by atoms with Gasteiger partial charge in [-0.3, -0.25) is 0 Å². The molecule has 2 aromatic rings. The highest BCUT2D eigenvalue weighted by molar-refractivity contribution is 5.83. The molecule has 0 atom stereocenters. The third-order valence-corrected chi connectivity index (χ3v) is 4.66. The molecule has 2 aromatic carbocycles. The Bertz CT molecular complexity index is 570. The second-order valence-corrected chi connectivity index (χ2v) is 5.78. The molecule has 2 nitrogen and oxygen atoms in total. The van der Waals surface area contributed by atoms with E-state index in [4.69, 9.17) is 5.73 Å². The summed E-state index contributed by atoms with van der Waals surface area (Å²) in [5, 5.41) is 12.3. The predicted octanol–water partition coefficient (Wildman–Crippen LogP) is 2.97. The van der Waals surface area contributed by atoms with E-state index in [-0.39, 0.29) is 11.5 Å². The smallest absolute Gasteiger partial charge is 0.0541 e. The minimum absolute atomic E-state index is 0.0588. The fraction of sp³-hybridized carbons (Fsp3) is 0.412. The maximum absolute atomic E-state index is 9.71. The molecule has 0 radical (unpaired) electrons. The van der Waals surface area contributed by atoms with Crippen LogP contribution in [0, 0.1) is 0 Å². The fourth-order valence-corrected chi connectivity index (χ4v) is 3.28. The van der Waals surface area contributed by atoms with Gasteiger partial charge in [0.1, 0.15) is 0 Å². The molecule has 100 valence electrons. The van der Waals surface area contributed by atoms with Crippen molar-refractivity contribution >= 4 is 10.8 Å². The van der Waals surface area contributed by atoms with Gasteiger partial charge < -0.3 is 10.8 Å². The van der Waals surface area contributed by atoms with Gasteiger partial charge in [0.25, 0.3) is 0 Å². The van der Waals surface area contributed by atoms with E-state index in [9.17, 15) is 5.11 Å². The summed E-state index contributed by atoms with van der Waals surface area (Å²) in [6.07, 6.45) is 3.57. The summed E-state index contributed by atoms with van der Waals surface area (Å²) < 4.78 is 0. The largest absolute Gasteiger partial charge is 0.393 e. The van der Waals surface area contributed by atoms with Gasteiger partial charge in [0.2, 0.25) is 0 Å². The summed E-state index contributed by atoms with van der Waals surface area (Å²) in [5.41, 5.74) is 7.47. The van der Waals surface area contributed by atoms with Gasteiger partial charge in [0, 0.05) is 12.0 Å². The number of benzene rings is 2. The quantitative estimate of drug-likeness (QED) is 0.866. The van der Waals surface area contributed by atoms with Crippen molar-refractivity contribution < 1.29 is 5.11 Å². The van der Waals surface area contributed by atoms with Crippen molar-refractivity contribution in [3.63, 3.8) is 0 Å². The first kappa shape index (κ1) is 12.6. The lowest BCUT2D eigenvalue weighted by Gasteiger charge is -2.38. The van der Waals surface area contributed by atoms with Crippen LogP contribution in [0.25, 0.3) is 10.8 Å². The van der Waals surface area contributed by atoms with Crippen molar-refractivity contribution in [1.82, 2.24) is 0 Å². The molecule has 0 aliphatic heterocycles. The van der Waals surface area contributed by atoms with Crippen molar-refractivity contribution in [1.29, 1.82) is 0 Å². The van der Waals surface area contributed by atoms with Crippen LogP contribution >= 0.6 is 0 Å². The van der Waals surface area contributed by atoms with Gasteiger partial charge in [0.05, 0.1) is 6.10 Å². The number of hydrogen-bond donors (Lipinski definition) is 2. The molecule has 19 heavy (non-hydrogen) atoms. The van der Waals surface area contributed by atoms with Crippen LogP contribution in [0.2, 0.25) is 0 Å². The minimum atomic E-state index is -0.139. The zero-order valence-electron chi connectivity index (χ0n) is 11.2. The molecule has 0 bridgehead atoms. The standard InChI is InChI=1S/C17H21NO/c18-12-17(9-7-16(19)8-10-17)15-6-5-13-3-1-2-4-14(13)11-15/h1-6,11,16,19H,7-10,12,18H2. The van der Waals surface area contributed by atoms with E-state index in [1.54, 1.807) is 0 Å². The molecule has 0 amide bonds. The Balaban J connectivity index is 2.01. The van der Waals surface area contributed by atoms with Crippen molar-refractivity contribution in [3.8, 4) is 0 Å². The molecule has 0 saturated heterocycles. The summed E-state index contributed by atoms with van der Waals surface area (Å²) in [5.74, 6) is 0. The molecule has 1 aliphatic rings. The highest BCUT2D eigenvalue weighted by Gasteiger charge is 2.35. The van der Waals surface area contributed by atoms with E-state index in [0.29, 0.717) is 6.54 Å². The molecule has 3 rings (SSSR count). The second-order valence-electron chi connectivity index (χ2n) is 5.78. The van der Waals surface area contributed by atoms with Crippen LogP contribution < -0.4 is 5.73 Å². The lowest BCUT2D eigenvalue weighted by molar-refractivity contribution is 0.0975. The van der Waals surface area contributed by atoms with Gasteiger partial charge in [-0.25, -0.2) is 0 Å². The Labute approximate surface area is 114 Å². The molecule has 0 spiro atoms. The average Bonchev–Trinajstić information content (AvgIpc) is 2.48.